The third-order valence-corrected chi connectivity index (χ3v) is 2.34. The second kappa shape index (κ2) is 5.79. The molecule has 0 spiro atoms. The Kier molecular flexibility index (Phi) is 4.65. The van der Waals surface area contributed by atoms with Gasteiger partial charge in [-0.3, -0.25) is 9.59 Å². The van der Waals surface area contributed by atoms with E-state index in [0.717, 1.165) is 4.68 Å². The van der Waals surface area contributed by atoms with Gasteiger partial charge in [0.15, 0.2) is 0 Å². The molecule has 0 saturated heterocycles. The number of aliphatic hydroxyl groups excluding tert-OH is 1. The summed E-state index contributed by atoms with van der Waals surface area (Å²) >= 11 is 5.74. The van der Waals surface area contributed by atoms with Crippen LogP contribution in [-0.4, -0.2) is 27.5 Å². The topological polar surface area (TPSA) is 81.4 Å². The molecule has 17 heavy (non-hydrogen) atoms. The Morgan fingerprint density at radius 3 is 2.88 bits per heavy atom. The van der Waals surface area contributed by atoms with Crippen LogP contribution in [0.1, 0.15) is 25.5 Å². The molecule has 94 valence electrons. The van der Waals surface area contributed by atoms with Crippen LogP contribution in [0.25, 0.3) is 0 Å². The molecule has 7 heteroatoms. The van der Waals surface area contributed by atoms with E-state index in [2.05, 4.69) is 5.10 Å². The first-order valence-corrected chi connectivity index (χ1v) is 5.44. The lowest BCUT2D eigenvalue weighted by Crippen LogP contribution is -2.31. The molecular weight excluding hydrogens is 248 g/mol. The summed E-state index contributed by atoms with van der Waals surface area (Å²) in [6, 6.07) is 0. The van der Waals surface area contributed by atoms with Gasteiger partial charge >= 0.3 is 5.97 Å². The van der Waals surface area contributed by atoms with Crippen LogP contribution >= 0.6 is 11.6 Å². The molecule has 1 atom stereocenters. The number of aliphatic hydroxyl groups is 1. The molecule has 0 aliphatic heterocycles. The van der Waals surface area contributed by atoms with Crippen molar-refractivity contribution < 1.29 is 14.6 Å². The van der Waals surface area contributed by atoms with E-state index in [1.165, 1.54) is 13.1 Å². The molecule has 1 N–H and O–H groups in total. The second-order valence-electron chi connectivity index (χ2n) is 3.35. The molecular formula is C10H13ClN2O4. The number of rotatable bonds is 4. The zero-order chi connectivity index (χ0) is 13.0. The van der Waals surface area contributed by atoms with E-state index in [1.807, 2.05) is 0 Å². The summed E-state index contributed by atoms with van der Waals surface area (Å²) in [6.45, 7) is 3.00. The quantitative estimate of drug-likeness (QED) is 0.798. The Labute approximate surface area is 103 Å². The van der Waals surface area contributed by atoms with Crippen molar-refractivity contribution in [2.75, 3.05) is 6.61 Å². The number of esters is 1. The lowest BCUT2D eigenvalue weighted by Gasteiger charge is -2.09. The van der Waals surface area contributed by atoms with Gasteiger partial charge in [-0.25, -0.2) is 4.68 Å². The summed E-state index contributed by atoms with van der Waals surface area (Å²) < 4.78 is 5.61. The maximum atomic E-state index is 11.8. The molecule has 0 amide bonds. The standard InChI is InChI=1S/C10H13ClN2O4/c1-3-17-8(15)5-13-10(16)9(6(2)14)7(11)4-12-13/h4,6,14H,3,5H2,1-2H3/t6-/m1/s1. The average molecular weight is 261 g/mol. The number of nitrogens with zero attached hydrogens (tertiary/aromatic N) is 2. The minimum Gasteiger partial charge on any atom is -0.465 e. The largest absolute Gasteiger partial charge is 0.465 e. The van der Waals surface area contributed by atoms with E-state index in [9.17, 15) is 14.7 Å². The molecule has 1 rings (SSSR count). The Hall–Kier alpha value is -1.40. The number of hydrogen-bond donors (Lipinski definition) is 1. The Bertz CT molecular complexity index is 470. The van der Waals surface area contributed by atoms with Crippen molar-refractivity contribution in [1.29, 1.82) is 0 Å². The zero-order valence-electron chi connectivity index (χ0n) is 9.51. The van der Waals surface area contributed by atoms with Crippen LogP contribution in [0.4, 0.5) is 0 Å². The van der Waals surface area contributed by atoms with E-state index >= 15 is 0 Å². The van der Waals surface area contributed by atoms with Crippen molar-refractivity contribution in [1.82, 2.24) is 9.78 Å². The van der Waals surface area contributed by atoms with Crippen LogP contribution in [0.2, 0.25) is 5.02 Å². The number of halogens is 1. The molecule has 0 aromatic carbocycles. The van der Waals surface area contributed by atoms with Crippen LogP contribution in [0.5, 0.6) is 0 Å². The van der Waals surface area contributed by atoms with Gasteiger partial charge in [0.05, 0.1) is 29.5 Å². The highest BCUT2D eigenvalue weighted by atomic mass is 35.5. The van der Waals surface area contributed by atoms with Gasteiger partial charge < -0.3 is 9.84 Å². The minimum atomic E-state index is -1.02. The van der Waals surface area contributed by atoms with Crippen molar-refractivity contribution in [3.8, 4) is 0 Å². The number of aromatic nitrogens is 2. The van der Waals surface area contributed by atoms with Crippen LogP contribution in [0, 0.1) is 0 Å². The highest BCUT2D eigenvalue weighted by Gasteiger charge is 2.16. The molecule has 6 nitrogen and oxygen atoms in total. The van der Waals surface area contributed by atoms with Crippen molar-refractivity contribution in [2.24, 2.45) is 0 Å². The van der Waals surface area contributed by atoms with E-state index in [1.54, 1.807) is 6.92 Å². The summed E-state index contributed by atoms with van der Waals surface area (Å²) in [5, 5.41) is 13.2. The molecule has 0 bridgehead atoms. The highest BCUT2D eigenvalue weighted by molar-refractivity contribution is 6.31. The average Bonchev–Trinajstić information content (AvgIpc) is 2.22. The normalized spacial score (nSPS) is 12.2. The molecule has 1 aromatic rings. The maximum absolute atomic E-state index is 11.8. The number of hydrogen-bond acceptors (Lipinski definition) is 5. The number of carbonyl (C=O) groups is 1. The Morgan fingerprint density at radius 2 is 2.35 bits per heavy atom. The van der Waals surface area contributed by atoms with Crippen LogP contribution in [0.3, 0.4) is 0 Å². The predicted octanol–water partition coefficient (Wildman–Crippen LogP) is 0.513. The molecule has 0 aliphatic rings. The van der Waals surface area contributed by atoms with Crippen molar-refractivity contribution in [2.45, 2.75) is 26.5 Å². The Balaban J connectivity index is 3.07. The van der Waals surface area contributed by atoms with Crippen molar-refractivity contribution in [3.63, 3.8) is 0 Å². The van der Waals surface area contributed by atoms with Crippen LogP contribution in [0.15, 0.2) is 11.0 Å². The number of ether oxygens (including phenoxy) is 1. The smallest absolute Gasteiger partial charge is 0.327 e. The molecule has 0 saturated carbocycles. The predicted molar refractivity (Wildman–Crippen MR) is 60.8 cm³/mol. The lowest BCUT2D eigenvalue weighted by molar-refractivity contribution is -0.144. The van der Waals surface area contributed by atoms with Gasteiger partial charge in [0.1, 0.15) is 6.54 Å². The van der Waals surface area contributed by atoms with E-state index < -0.39 is 17.6 Å². The van der Waals surface area contributed by atoms with E-state index in [0.29, 0.717) is 0 Å². The fourth-order valence-electron chi connectivity index (χ4n) is 1.30. The Morgan fingerprint density at radius 1 is 1.71 bits per heavy atom. The van der Waals surface area contributed by atoms with Crippen LogP contribution in [-0.2, 0) is 16.1 Å². The van der Waals surface area contributed by atoms with Gasteiger partial charge in [-0.2, -0.15) is 5.10 Å². The van der Waals surface area contributed by atoms with Gasteiger partial charge in [-0.15, -0.1) is 0 Å². The van der Waals surface area contributed by atoms with Gasteiger partial charge in [-0.1, -0.05) is 11.6 Å². The molecule has 1 aromatic heterocycles. The van der Waals surface area contributed by atoms with Gasteiger partial charge in [0.2, 0.25) is 0 Å². The van der Waals surface area contributed by atoms with Gasteiger partial charge in [0.25, 0.3) is 5.56 Å². The van der Waals surface area contributed by atoms with Crippen LogP contribution < -0.4 is 5.56 Å². The summed E-state index contributed by atoms with van der Waals surface area (Å²) in [6.07, 6.45) is 0.191. The van der Waals surface area contributed by atoms with Gasteiger partial charge in [0, 0.05) is 0 Å². The molecule has 0 aliphatic carbocycles. The fourth-order valence-corrected chi connectivity index (χ4v) is 1.59. The fraction of sp³-hybridized carbons (Fsp3) is 0.500. The number of carbonyl (C=O) groups excluding carboxylic acids is 1. The first-order valence-electron chi connectivity index (χ1n) is 5.06. The summed E-state index contributed by atoms with van der Waals surface area (Å²) in [5.41, 5.74) is -0.577. The molecule has 1 heterocycles. The maximum Gasteiger partial charge on any atom is 0.327 e. The molecule has 0 unspecified atom stereocenters. The van der Waals surface area contributed by atoms with Crippen molar-refractivity contribution in [3.05, 3.63) is 27.1 Å². The molecule has 0 fully saturated rings. The van der Waals surface area contributed by atoms with Crippen molar-refractivity contribution >= 4 is 17.6 Å². The SMILES string of the molecule is CCOC(=O)Cn1ncc(Cl)c([C@@H](C)O)c1=O. The third-order valence-electron chi connectivity index (χ3n) is 2.03. The summed E-state index contributed by atoms with van der Waals surface area (Å²) in [4.78, 5) is 23.0. The third kappa shape index (κ3) is 3.28. The zero-order valence-corrected chi connectivity index (χ0v) is 10.3. The second-order valence-corrected chi connectivity index (χ2v) is 3.76. The first kappa shape index (κ1) is 13.7. The van der Waals surface area contributed by atoms with E-state index in [4.69, 9.17) is 16.3 Å². The lowest BCUT2D eigenvalue weighted by atomic mass is 10.2. The van der Waals surface area contributed by atoms with Gasteiger partial charge in [-0.05, 0) is 13.8 Å². The summed E-state index contributed by atoms with van der Waals surface area (Å²) in [7, 11) is 0. The first-order chi connectivity index (χ1) is 7.97. The minimum absolute atomic E-state index is 0.0194. The highest BCUT2D eigenvalue weighted by Crippen LogP contribution is 2.16. The summed E-state index contributed by atoms with van der Waals surface area (Å²) in [5.74, 6) is -0.569. The molecule has 0 radical (unpaired) electrons. The van der Waals surface area contributed by atoms with E-state index in [-0.39, 0.29) is 23.7 Å². The monoisotopic (exact) mass is 260 g/mol.